The van der Waals surface area contributed by atoms with E-state index in [9.17, 15) is 0 Å². The Morgan fingerprint density at radius 1 is 0.278 bits per heavy atom. The van der Waals surface area contributed by atoms with Crippen LogP contribution in [0.1, 0.15) is 0 Å². The fraction of sp³-hybridized carbons (Fsp3) is 0. The van der Waals surface area contributed by atoms with Crippen LogP contribution >= 0.6 is 0 Å². The third-order valence-corrected chi connectivity index (χ3v) is 7.80. The van der Waals surface area contributed by atoms with E-state index < -0.39 is 0 Å². The lowest BCUT2D eigenvalue weighted by atomic mass is 9.93. The molecule has 0 amide bonds. The van der Waals surface area contributed by atoms with Gasteiger partial charge in [-0.25, -0.2) is 0 Å². The van der Waals surface area contributed by atoms with Gasteiger partial charge in [-0.15, -0.1) is 0 Å². The molecular formula is C36H22. The predicted octanol–water partition coefficient (Wildman–Crippen LogP) is 10.1. The molecule has 0 bridgehead atoms. The van der Waals surface area contributed by atoms with Crippen molar-refractivity contribution in [1.82, 2.24) is 0 Å². The van der Waals surface area contributed by atoms with Crippen LogP contribution in [-0.4, -0.2) is 0 Å². The van der Waals surface area contributed by atoms with Crippen LogP contribution in [-0.2, 0) is 0 Å². The fourth-order valence-corrected chi connectivity index (χ4v) is 6.11. The van der Waals surface area contributed by atoms with Gasteiger partial charge in [0.25, 0.3) is 0 Å². The van der Waals surface area contributed by atoms with Gasteiger partial charge < -0.3 is 0 Å². The Kier molecular flexibility index (Phi) is 4.03. The van der Waals surface area contributed by atoms with E-state index in [1.165, 1.54) is 76.8 Å². The Labute approximate surface area is 210 Å². The Bertz CT molecular complexity index is 1990. The lowest BCUT2D eigenvalue weighted by molar-refractivity contribution is 1.64. The van der Waals surface area contributed by atoms with Crippen LogP contribution < -0.4 is 0 Å². The van der Waals surface area contributed by atoms with Crippen molar-refractivity contribution in [1.29, 1.82) is 0 Å². The molecule has 0 fully saturated rings. The monoisotopic (exact) mass is 454 g/mol. The maximum atomic E-state index is 2.39. The summed E-state index contributed by atoms with van der Waals surface area (Å²) < 4.78 is 0. The average Bonchev–Trinajstić information content (AvgIpc) is 3.27. The summed E-state index contributed by atoms with van der Waals surface area (Å²) in [6, 6.07) is 49.1. The first-order valence-electron chi connectivity index (χ1n) is 12.5. The SMILES string of the molecule is c1ccc2cc(-c3ccc4c5c(cccc35)-c3cc(-c5cccc6ccccc56)ccc3-4)ccc2c1. The van der Waals surface area contributed by atoms with Crippen LogP contribution in [0.15, 0.2) is 133 Å². The van der Waals surface area contributed by atoms with Crippen LogP contribution in [0, 0.1) is 0 Å². The molecule has 0 radical (unpaired) electrons. The minimum Gasteiger partial charge on any atom is -0.0616 e. The molecule has 0 nitrogen and oxygen atoms in total. The predicted molar refractivity (Wildman–Crippen MR) is 154 cm³/mol. The molecule has 8 rings (SSSR count). The molecule has 0 saturated carbocycles. The number of fused-ring (bicyclic) bond motifs is 5. The van der Waals surface area contributed by atoms with Gasteiger partial charge in [0, 0.05) is 0 Å². The molecule has 7 aromatic rings. The second-order valence-corrected chi connectivity index (χ2v) is 9.74. The molecule has 0 aromatic heterocycles. The van der Waals surface area contributed by atoms with Crippen LogP contribution in [0.4, 0.5) is 0 Å². The molecule has 0 spiro atoms. The molecule has 166 valence electrons. The van der Waals surface area contributed by atoms with Crippen molar-refractivity contribution in [3.63, 3.8) is 0 Å². The van der Waals surface area contributed by atoms with Gasteiger partial charge >= 0.3 is 0 Å². The second kappa shape index (κ2) is 7.41. The quantitative estimate of drug-likeness (QED) is 0.244. The third kappa shape index (κ3) is 2.76. The molecule has 0 heterocycles. The molecule has 0 aliphatic heterocycles. The molecule has 36 heavy (non-hydrogen) atoms. The first kappa shape index (κ1) is 19.6. The number of hydrogen-bond donors (Lipinski definition) is 0. The number of hydrogen-bond acceptors (Lipinski definition) is 0. The summed E-state index contributed by atoms with van der Waals surface area (Å²) in [6.45, 7) is 0. The van der Waals surface area contributed by atoms with Gasteiger partial charge in [-0.1, -0.05) is 121 Å². The van der Waals surface area contributed by atoms with Gasteiger partial charge in [-0.05, 0) is 89.0 Å². The molecular weight excluding hydrogens is 432 g/mol. The standard InChI is InChI=1S/C36H22/c1-2-9-25-21-26(16-15-23(25)7-1)30-19-20-34-31-18-17-27(22-35(31)33-14-6-13-32(30)36(33)34)29-12-5-10-24-8-3-4-11-28(24)29/h1-22H. The summed E-state index contributed by atoms with van der Waals surface area (Å²) in [4.78, 5) is 0. The van der Waals surface area contributed by atoms with E-state index in [0.717, 1.165) is 0 Å². The van der Waals surface area contributed by atoms with Crippen molar-refractivity contribution in [3.05, 3.63) is 133 Å². The number of rotatable bonds is 2. The maximum absolute atomic E-state index is 2.39. The van der Waals surface area contributed by atoms with Gasteiger partial charge in [-0.2, -0.15) is 0 Å². The normalized spacial score (nSPS) is 11.9. The van der Waals surface area contributed by atoms with E-state index in [-0.39, 0.29) is 0 Å². The molecule has 0 unspecified atom stereocenters. The lowest BCUT2D eigenvalue weighted by Crippen LogP contribution is -1.84. The zero-order valence-corrected chi connectivity index (χ0v) is 19.7. The van der Waals surface area contributed by atoms with Gasteiger partial charge in [0.05, 0.1) is 0 Å². The van der Waals surface area contributed by atoms with Crippen LogP contribution in [0.2, 0.25) is 0 Å². The van der Waals surface area contributed by atoms with Crippen LogP contribution in [0.3, 0.4) is 0 Å². The Morgan fingerprint density at radius 2 is 0.861 bits per heavy atom. The van der Waals surface area contributed by atoms with Crippen molar-refractivity contribution < 1.29 is 0 Å². The molecule has 0 atom stereocenters. The molecule has 0 N–H and O–H groups in total. The van der Waals surface area contributed by atoms with Crippen molar-refractivity contribution >= 4 is 32.3 Å². The van der Waals surface area contributed by atoms with E-state index in [4.69, 9.17) is 0 Å². The first-order valence-corrected chi connectivity index (χ1v) is 12.5. The lowest BCUT2D eigenvalue weighted by Gasteiger charge is -2.10. The van der Waals surface area contributed by atoms with Gasteiger partial charge in [0.15, 0.2) is 0 Å². The van der Waals surface area contributed by atoms with Crippen molar-refractivity contribution in [3.8, 4) is 44.5 Å². The summed E-state index contributed by atoms with van der Waals surface area (Å²) in [7, 11) is 0. The Hall–Kier alpha value is -4.68. The summed E-state index contributed by atoms with van der Waals surface area (Å²) in [5.41, 5.74) is 10.5. The van der Waals surface area contributed by atoms with E-state index in [1.54, 1.807) is 0 Å². The molecule has 0 heteroatoms. The third-order valence-electron chi connectivity index (χ3n) is 7.80. The zero-order valence-electron chi connectivity index (χ0n) is 19.7. The first-order chi connectivity index (χ1) is 17.8. The smallest absolute Gasteiger partial charge is 0.00201 e. The zero-order chi connectivity index (χ0) is 23.6. The van der Waals surface area contributed by atoms with E-state index >= 15 is 0 Å². The van der Waals surface area contributed by atoms with Crippen LogP contribution in [0.5, 0.6) is 0 Å². The van der Waals surface area contributed by atoms with Gasteiger partial charge in [-0.3, -0.25) is 0 Å². The van der Waals surface area contributed by atoms with Crippen LogP contribution in [0.25, 0.3) is 76.8 Å². The highest BCUT2D eigenvalue weighted by molar-refractivity contribution is 6.19. The molecule has 0 saturated heterocycles. The number of benzene rings is 7. The largest absolute Gasteiger partial charge is 0.0616 e. The highest BCUT2D eigenvalue weighted by Crippen LogP contribution is 2.50. The second-order valence-electron chi connectivity index (χ2n) is 9.74. The summed E-state index contributed by atoms with van der Waals surface area (Å²) in [5, 5.41) is 7.83. The van der Waals surface area contributed by atoms with Gasteiger partial charge in [0.1, 0.15) is 0 Å². The molecule has 1 aliphatic carbocycles. The summed E-state index contributed by atoms with van der Waals surface area (Å²) in [6.07, 6.45) is 0. The minimum absolute atomic E-state index is 1.27. The fourth-order valence-electron chi connectivity index (χ4n) is 6.11. The minimum atomic E-state index is 1.27. The molecule has 7 aromatic carbocycles. The van der Waals surface area contributed by atoms with Crippen molar-refractivity contribution in [2.24, 2.45) is 0 Å². The summed E-state index contributed by atoms with van der Waals surface area (Å²) in [5.74, 6) is 0. The van der Waals surface area contributed by atoms with Crippen molar-refractivity contribution in [2.75, 3.05) is 0 Å². The highest BCUT2D eigenvalue weighted by atomic mass is 14.3. The van der Waals surface area contributed by atoms with E-state index in [2.05, 4.69) is 133 Å². The van der Waals surface area contributed by atoms with E-state index in [1.807, 2.05) is 0 Å². The average molecular weight is 455 g/mol. The van der Waals surface area contributed by atoms with E-state index in [0.29, 0.717) is 0 Å². The van der Waals surface area contributed by atoms with Crippen molar-refractivity contribution in [2.45, 2.75) is 0 Å². The molecule has 1 aliphatic rings. The van der Waals surface area contributed by atoms with Gasteiger partial charge in [0.2, 0.25) is 0 Å². The Balaban J connectivity index is 1.34. The maximum Gasteiger partial charge on any atom is -0.00201 e. The highest BCUT2D eigenvalue weighted by Gasteiger charge is 2.23. The Morgan fingerprint density at radius 3 is 1.81 bits per heavy atom. The topological polar surface area (TPSA) is 0 Å². The summed E-state index contributed by atoms with van der Waals surface area (Å²) >= 11 is 0.